The van der Waals surface area contributed by atoms with E-state index < -0.39 is 45.1 Å². The van der Waals surface area contributed by atoms with Gasteiger partial charge >= 0.3 is 0 Å². The summed E-state index contributed by atoms with van der Waals surface area (Å²) in [7, 11) is 1.80. The van der Waals surface area contributed by atoms with Gasteiger partial charge in [0.05, 0.1) is 43.6 Å². The van der Waals surface area contributed by atoms with Gasteiger partial charge in [0, 0.05) is 70.1 Å². The Bertz CT molecular complexity index is 3290. The molecule has 1 aliphatic heterocycles. The van der Waals surface area contributed by atoms with Crippen molar-refractivity contribution in [3.8, 4) is 29.1 Å². The van der Waals surface area contributed by atoms with Crippen LogP contribution in [0.25, 0.3) is 0 Å². The van der Waals surface area contributed by atoms with Crippen LogP contribution in [0.1, 0.15) is 186 Å². The molecule has 11 heteroatoms. The number of rotatable bonds is 6. The maximum atomic E-state index is 15.9. The Morgan fingerprint density at radius 3 is 2.48 bits per heavy atom. The second-order valence-corrected chi connectivity index (χ2v) is 27.9. The summed E-state index contributed by atoms with van der Waals surface area (Å²) in [5.74, 6) is 6.88. The Labute approximate surface area is 484 Å². The quantitative estimate of drug-likeness (QED) is 0.0925. The Balaban J connectivity index is 1.11. The minimum Gasteiger partial charge on any atom is -0.508 e. The lowest BCUT2D eigenvalue weighted by molar-refractivity contribution is -0.116. The number of aromatic hydroxyl groups is 2. The van der Waals surface area contributed by atoms with E-state index in [2.05, 4.69) is 90.9 Å². The first kappa shape index (κ1) is 54.3. The summed E-state index contributed by atoms with van der Waals surface area (Å²) in [4.78, 5) is 21.4. The molecular weight excluding hydrogens is 1020 g/mol. The lowest BCUT2D eigenvalue weighted by Gasteiger charge is -2.66. The molecule has 14 bridgehead atoms. The second-order valence-electron chi connectivity index (χ2n) is 27.9. The Morgan fingerprint density at radius 1 is 0.866 bits per heavy atom. The molecule has 0 aromatic heterocycles. The summed E-state index contributed by atoms with van der Waals surface area (Å²) >= 11 is 0. The number of allylic oxidation sites excluding steroid dienone is 5. The van der Waals surface area contributed by atoms with Crippen LogP contribution in [0.2, 0.25) is 0 Å². The number of aliphatic hydroxyl groups is 3. The SMILES string of the molecule is CO[C@H]1CC[C@@]23C[C@@H](C)C[C@@]45/C=C/[C@H]6C[C@H]7C[C@]8(CO)C=CCC[C@@H]8C(CO)=C7C(=O)C[C@H]6c6cc(OC7CCCC7)c(O)c7c6C#CC[C@@H](C[C@](CO)(C=C24)[C@H]1[C@@H]73)N=C(N)NC1(CCCCC1)c1cccc(c1)Cc1cc(O)cc5c1. The van der Waals surface area contributed by atoms with Crippen LogP contribution in [-0.4, -0.2) is 82.5 Å². The van der Waals surface area contributed by atoms with Gasteiger partial charge < -0.3 is 46.1 Å². The fourth-order valence-corrected chi connectivity index (χ4v) is 20.2. The predicted molar refractivity (Wildman–Crippen MR) is 317 cm³/mol. The van der Waals surface area contributed by atoms with Crippen molar-refractivity contribution < 1.29 is 39.8 Å². The van der Waals surface area contributed by atoms with Crippen molar-refractivity contribution >= 4 is 11.7 Å². The number of fused-ring (bicyclic) bond motifs is 10. The summed E-state index contributed by atoms with van der Waals surface area (Å²) in [6.45, 7) is 1.84. The van der Waals surface area contributed by atoms with E-state index in [4.69, 9.17) is 20.2 Å². The summed E-state index contributed by atoms with van der Waals surface area (Å²) in [5.41, 5.74) is 13.2. The topological polar surface area (TPSA) is 187 Å². The third-order valence-corrected chi connectivity index (χ3v) is 23.3. The zero-order chi connectivity index (χ0) is 56.3. The van der Waals surface area contributed by atoms with Gasteiger partial charge in [-0.25, -0.2) is 4.99 Å². The fourth-order valence-electron chi connectivity index (χ4n) is 20.2. The second kappa shape index (κ2) is 20.6. The smallest absolute Gasteiger partial charge is 0.189 e. The van der Waals surface area contributed by atoms with E-state index in [1.54, 1.807) is 7.11 Å². The van der Waals surface area contributed by atoms with Crippen molar-refractivity contribution in [2.45, 2.75) is 183 Å². The van der Waals surface area contributed by atoms with Crippen molar-refractivity contribution in [1.82, 2.24) is 5.32 Å². The minimum absolute atomic E-state index is 0.0211. The van der Waals surface area contributed by atoms with Crippen LogP contribution < -0.4 is 15.8 Å². The fraction of sp³-hybridized carbons (Fsp3) is 0.577. The first-order valence-corrected chi connectivity index (χ1v) is 31.6. The lowest BCUT2D eigenvalue weighted by atomic mass is 9.38. The van der Waals surface area contributed by atoms with Crippen LogP contribution in [0.4, 0.5) is 0 Å². The molecule has 0 saturated heterocycles. The number of carbonyl (C=O) groups excluding carboxylic acids is 1. The van der Waals surface area contributed by atoms with E-state index in [1.807, 2.05) is 12.1 Å². The third kappa shape index (κ3) is 8.47. The molecule has 14 rings (SSSR count). The van der Waals surface area contributed by atoms with Crippen LogP contribution in [-0.2, 0) is 26.9 Å². The number of nitrogens with zero attached hydrogens (tertiary/aromatic N) is 1. The van der Waals surface area contributed by atoms with Gasteiger partial charge in [-0.15, -0.1) is 0 Å². The molecule has 5 saturated carbocycles. The molecule has 8 N–H and O–H groups in total. The molecule has 82 heavy (non-hydrogen) atoms. The van der Waals surface area contributed by atoms with Gasteiger partial charge in [0.25, 0.3) is 0 Å². The number of nitrogens with one attached hydrogen (secondary N) is 1. The molecule has 0 amide bonds. The van der Waals surface area contributed by atoms with Crippen molar-refractivity contribution in [3.63, 3.8) is 0 Å². The van der Waals surface area contributed by atoms with Crippen LogP contribution in [0.5, 0.6) is 17.2 Å². The summed E-state index contributed by atoms with van der Waals surface area (Å²) in [5, 5.41) is 65.9. The zero-order valence-electron chi connectivity index (χ0n) is 48.2. The molecule has 0 unspecified atom stereocenters. The van der Waals surface area contributed by atoms with E-state index in [1.165, 1.54) is 11.1 Å². The van der Waals surface area contributed by atoms with Gasteiger partial charge in [0.15, 0.2) is 23.2 Å². The number of carbonyl (C=O) groups is 1. The molecule has 432 valence electrons. The zero-order valence-corrected chi connectivity index (χ0v) is 48.2. The van der Waals surface area contributed by atoms with Gasteiger partial charge in [0.1, 0.15) is 5.75 Å². The molecule has 11 nitrogen and oxygen atoms in total. The van der Waals surface area contributed by atoms with Crippen molar-refractivity contribution in [2.75, 3.05) is 26.9 Å². The highest BCUT2D eigenvalue weighted by atomic mass is 16.5. The molecule has 10 aliphatic carbocycles. The van der Waals surface area contributed by atoms with Crippen molar-refractivity contribution in [3.05, 3.63) is 135 Å². The molecular formula is C71H85N3O8. The Morgan fingerprint density at radius 2 is 1.68 bits per heavy atom. The molecule has 13 atom stereocenters. The molecule has 2 spiro atoms. The van der Waals surface area contributed by atoms with Crippen LogP contribution in [0.3, 0.4) is 0 Å². The highest BCUT2D eigenvalue weighted by Crippen LogP contribution is 2.74. The number of ether oxygens (including phenoxy) is 2. The maximum Gasteiger partial charge on any atom is 0.189 e. The monoisotopic (exact) mass is 1110 g/mol. The summed E-state index contributed by atoms with van der Waals surface area (Å²) in [6.07, 6.45) is 27.4. The van der Waals surface area contributed by atoms with Crippen LogP contribution in [0.15, 0.2) is 101 Å². The number of aliphatic hydroxyl groups excluding tert-OH is 3. The molecule has 3 aromatic carbocycles. The predicted octanol–water partition coefficient (Wildman–Crippen LogP) is 11.3. The van der Waals surface area contributed by atoms with Gasteiger partial charge in [-0.1, -0.05) is 104 Å². The number of nitrogens with two attached hydrogens (primary N) is 1. The molecule has 1 heterocycles. The van der Waals surface area contributed by atoms with Gasteiger partial charge in [-0.05, 0) is 184 Å². The molecule has 5 fully saturated rings. The highest BCUT2D eigenvalue weighted by Gasteiger charge is 2.67. The van der Waals surface area contributed by atoms with Crippen molar-refractivity contribution in [1.29, 1.82) is 0 Å². The number of methoxy groups -OCH3 is 1. The molecule has 3 aromatic rings. The standard InChI is InChI=1S/C71H85N3O8/c1-42-34-69-24-19-45-30-46-36-67(40-76)21-9-6-18-56(67)55(39-75)61(46)57(79)32-53(45)54-33-59(82-51-15-4-5-16-51)65(80)62-52(54)17-11-14-49(37-68(41-77)38-60(69)70(35-42)25-20-58(81-2)63(68)64(62)70)73-66(72)74-71(22-7-3-8-23-71)47-13-10-12-43(27-47)26-44-28-48(69)31-50(78)29-44/h9-10,12-13,19,21,24,27-29,31,33,38,42,45-46,49,51,53,56,58,63-64,75-78,80H,3-8,14-16,18,20,22-23,25-26,30,32,34-37,39-41H2,1-2H3,(H3,72,73,74)/b24-19+/t42-,45-,46-,49-,53+,56+,58-,63+,64+,67-,68+,69+,70+/m0/s1. The normalized spacial score (nSPS) is 37.3. The van der Waals surface area contributed by atoms with E-state index in [0.29, 0.717) is 43.8 Å². The average Bonchev–Trinajstić information content (AvgIpc) is 1.02. The first-order chi connectivity index (χ1) is 39.8. The van der Waals surface area contributed by atoms with Gasteiger partial charge in [0.2, 0.25) is 0 Å². The first-order valence-electron chi connectivity index (χ1n) is 31.6. The highest BCUT2D eigenvalue weighted by molar-refractivity contribution is 5.98. The minimum atomic E-state index is -0.980. The number of hydrogen-bond acceptors (Lipinski definition) is 11. The number of phenolic OH excluding ortho intramolecular Hbond substituents is 2. The Hall–Kier alpha value is -5.64. The number of guanidine groups is 1. The Kier molecular flexibility index (Phi) is 13.6. The van der Waals surface area contributed by atoms with Gasteiger partial charge in [-0.2, -0.15) is 0 Å². The summed E-state index contributed by atoms with van der Waals surface area (Å²) < 4.78 is 14.0. The number of aliphatic imine (C=N–C) groups is 1. The number of benzene rings is 3. The largest absolute Gasteiger partial charge is 0.508 e. The maximum absolute atomic E-state index is 15.9. The van der Waals surface area contributed by atoms with E-state index in [-0.39, 0.29) is 85.3 Å². The number of hydrogen-bond donors (Lipinski definition) is 7. The number of phenols is 2. The van der Waals surface area contributed by atoms with Crippen LogP contribution in [0, 0.1) is 57.7 Å². The van der Waals surface area contributed by atoms with Crippen LogP contribution >= 0.6 is 0 Å². The van der Waals surface area contributed by atoms with E-state index in [9.17, 15) is 25.5 Å². The number of ketones is 1. The van der Waals surface area contributed by atoms with Crippen molar-refractivity contribution in [2.24, 2.45) is 56.6 Å². The van der Waals surface area contributed by atoms with E-state index in [0.717, 1.165) is 141 Å². The van der Waals surface area contributed by atoms with E-state index >= 15 is 4.79 Å². The third-order valence-electron chi connectivity index (χ3n) is 23.3. The van der Waals surface area contributed by atoms with Gasteiger partial charge in [-0.3, -0.25) is 4.79 Å². The summed E-state index contributed by atoms with van der Waals surface area (Å²) in [6, 6.07) is 16.8. The average molecular weight is 1110 g/mol. The lowest BCUT2D eigenvalue weighted by Crippen LogP contribution is -2.61. The molecule has 11 aliphatic rings. The molecule has 0 radical (unpaired) electrons. The number of Topliss-reactive ketones (excluding diaryl/α,β-unsaturated/α-hetero) is 1.